The van der Waals surface area contributed by atoms with E-state index in [2.05, 4.69) is 15.3 Å². The lowest BCUT2D eigenvalue weighted by molar-refractivity contribution is -0.137. The zero-order chi connectivity index (χ0) is 10.6. The summed E-state index contributed by atoms with van der Waals surface area (Å²) in [6.07, 6.45) is 1.19. The first-order valence-corrected chi connectivity index (χ1v) is 3.99. The van der Waals surface area contributed by atoms with Gasteiger partial charge >= 0.3 is 5.97 Å². The van der Waals surface area contributed by atoms with Crippen molar-refractivity contribution in [1.82, 2.24) is 9.97 Å². The fraction of sp³-hybridized carbons (Fsp3) is 0.375. The molecular formula is C8H10FN3O2. The van der Waals surface area contributed by atoms with E-state index in [9.17, 15) is 9.18 Å². The molecule has 1 atom stereocenters. The van der Waals surface area contributed by atoms with Crippen LogP contribution >= 0.6 is 0 Å². The van der Waals surface area contributed by atoms with Crippen LogP contribution in [-0.4, -0.2) is 27.1 Å². The second-order valence-corrected chi connectivity index (χ2v) is 2.73. The molecule has 1 aromatic heterocycles. The average molecular weight is 199 g/mol. The minimum atomic E-state index is -0.995. The number of hydrogen-bond acceptors (Lipinski definition) is 4. The number of anilines is 1. The first-order valence-electron chi connectivity index (χ1n) is 3.99. The standard InChI is InChI=1S/C8H10FN3O2/c1-5(8(13)14)12-7-2-6(3-9)10-4-11-7/h2,4-5H,3H2,1H3,(H,13,14)(H,10,11,12). The lowest BCUT2D eigenvalue weighted by Crippen LogP contribution is -2.25. The Morgan fingerprint density at radius 3 is 3.00 bits per heavy atom. The van der Waals surface area contributed by atoms with Gasteiger partial charge in [0.25, 0.3) is 0 Å². The maximum atomic E-state index is 12.2. The van der Waals surface area contributed by atoms with Crippen molar-refractivity contribution in [2.24, 2.45) is 0 Å². The number of nitrogens with one attached hydrogen (secondary N) is 1. The van der Waals surface area contributed by atoms with E-state index < -0.39 is 18.7 Å². The Kier molecular flexibility index (Phi) is 3.33. The van der Waals surface area contributed by atoms with Gasteiger partial charge in [0, 0.05) is 6.07 Å². The molecule has 0 bridgehead atoms. The Bertz CT molecular complexity index is 332. The lowest BCUT2D eigenvalue weighted by atomic mass is 10.3. The molecule has 5 nitrogen and oxygen atoms in total. The quantitative estimate of drug-likeness (QED) is 0.751. The number of hydrogen-bond donors (Lipinski definition) is 2. The molecule has 1 aromatic rings. The highest BCUT2D eigenvalue weighted by Crippen LogP contribution is 2.06. The van der Waals surface area contributed by atoms with Crippen LogP contribution in [0.25, 0.3) is 0 Å². The molecule has 6 heteroatoms. The summed E-state index contributed by atoms with van der Waals surface area (Å²) in [5, 5.41) is 11.2. The number of alkyl halides is 1. The van der Waals surface area contributed by atoms with Gasteiger partial charge in [-0.1, -0.05) is 0 Å². The smallest absolute Gasteiger partial charge is 0.325 e. The van der Waals surface area contributed by atoms with E-state index in [-0.39, 0.29) is 5.69 Å². The summed E-state index contributed by atoms with van der Waals surface area (Å²) < 4.78 is 12.2. The number of carbonyl (C=O) groups is 1. The van der Waals surface area contributed by atoms with E-state index in [1.807, 2.05) is 0 Å². The van der Waals surface area contributed by atoms with Gasteiger partial charge in [-0.25, -0.2) is 14.4 Å². The summed E-state index contributed by atoms with van der Waals surface area (Å²) in [6.45, 7) is 0.776. The van der Waals surface area contributed by atoms with Gasteiger partial charge in [-0.2, -0.15) is 0 Å². The molecule has 0 spiro atoms. The number of carboxylic acid groups (broad SMARTS) is 1. The van der Waals surface area contributed by atoms with Gasteiger partial charge in [-0.3, -0.25) is 4.79 Å². The van der Waals surface area contributed by atoms with E-state index in [1.165, 1.54) is 19.3 Å². The number of carboxylic acids is 1. The van der Waals surface area contributed by atoms with Crippen LogP contribution in [0, 0.1) is 0 Å². The molecular weight excluding hydrogens is 189 g/mol. The Morgan fingerprint density at radius 1 is 1.71 bits per heavy atom. The summed E-state index contributed by atoms with van der Waals surface area (Å²) in [6, 6.07) is 0.608. The van der Waals surface area contributed by atoms with Gasteiger partial charge in [0.1, 0.15) is 24.9 Å². The van der Waals surface area contributed by atoms with Crippen LogP contribution in [0.15, 0.2) is 12.4 Å². The van der Waals surface area contributed by atoms with Gasteiger partial charge in [0.2, 0.25) is 0 Å². The number of halogens is 1. The number of nitrogens with zero attached hydrogens (tertiary/aromatic N) is 2. The second kappa shape index (κ2) is 4.50. The second-order valence-electron chi connectivity index (χ2n) is 2.73. The Morgan fingerprint density at radius 2 is 2.43 bits per heavy atom. The molecule has 0 saturated carbocycles. The first kappa shape index (κ1) is 10.4. The predicted molar refractivity (Wildman–Crippen MR) is 47.6 cm³/mol. The molecule has 0 aliphatic rings. The molecule has 0 aromatic carbocycles. The van der Waals surface area contributed by atoms with Crippen molar-refractivity contribution in [3.8, 4) is 0 Å². The minimum Gasteiger partial charge on any atom is -0.480 e. The fourth-order valence-corrected chi connectivity index (χ4v) is 0.833. The van der Waals surface area contributed by atoms with Crippen LogP contribution in [-0.2, 0) is 11.5 Å². The normalized spacial score (nSPS) is 12.1. The van der Waals surface area contributed by atoms with E-state index >= 15 is 0 Å². The highest BCUT2D eigenvalue weighted by atomic mass is 19.1. The Labute approximate surface area is 80.0 Å². The molecule has 1 unspecified atom stereocenters. The van der Waals surface area contributed by atoms with Crippen LogP contribution in [0.2, 0.25) is 0 Å². The Hall–Kier alpha value is -1.72. The zero-order valence-corrected chi connectivity index (χ0v) is 7.57. The zero-order valence-electron chi connectivity index (χ0n) is 7.57. The van der Waals surface area contributed by atoms with Crippen molar-refractivity contribution in [3.05, 3.63) is 18.1 Å². The molecule has 2 N–H and O–H groups in total. The highest BCUT2D eigenvalue weighted by Gasteiger charge is 2.10. The topological polar surface area (TPSA) is 75.1 Å². The molecule has 0 aliphatic carbocycles. The van der Waals surface area contributed by atoms with Gasteiger partial charge in [-0.15, -0.1) is 0 Å². The van der Waals surface area contributed by atoms with Gasteiger partial charge in [-0.05, 0) is 6.92 Å². The lowest BCUT2D eigenvalue weighted by Gasteiger charge is -2.09. The molecule has 1 rings (SSSR count). The average Bonchev–Trinajstić information content (AvgIpc) is 2.18. The molecule has 14 heavy (non-hydrogen) atoms. The molecule has 76 valence electrons. The molecule has 0 fully saturated rings. The summed E-state index contributed by atoms with van der Waals surface area (Å²) in [5.41, 5.74) is 0.222. The van der Waals surface area contributed by atoms with Crippen molar-refractivity contribution in [1.29, 1.82) is 0 Å². The summed E-state index contributed by atoms with van der Waals surface area (Å²) >= 11 is 0. The largest absolute Gasteiger partial charge is 0.480 e. The maximum absolute atomic E-state index is 12.2. The van der Waals surface area contributed by atoms with E-state index in [0.29, 0.717) is 5.82 Å². The third-order valence-electron chi connectivity index (χ3n) is 1.60. The van der Waals surface area contributed by atoms with E-state index in [0.717, 1.165) is 0 Å². The fourth-order valence-electron chi connectivity index (χ4n) is 0.833. The van der Waals surface area contributed by atoms with Crippen molar-refractivity contribution in [2.75, 3.05) is 5.32 Å². The minimum absolute atomic E-state index is 0.222. The van der Waals surface area contributed by atoms with E-state index in [4.69, 9.17) is 5.11 Å². The third-order valence-corrected chi connectivity index (χ3v) is 1.60. The Balaban J connectivity index is 2.71. The van der Waals surface area contributed by atoms with Crippen molar-refractivity contribution >= 4 is 11.8 Å². The van der Waals surface area contributed by atoms with Crippen LogP contribution in [0.5, 0.6) is 0 Å². The van der Waals surface area contributed by atoms with Gasteiger partial charge in [0.05, 0.1) is 5.69 Å². The summed E-state index contributed by atoms with van der Waals surface area (Å²) in [4.78, 5) is 17.9. The van der Waals surface area contributed by atoms with Crippen LogP contribution < -0.4 is 5.32 Å². The van der Waals surface area contributed by atoms with Gasteiger partial charge < -0.3 is 10.4 Å². The molecule has 0 saturated heterocycles. The van der Waals surface area contributed by atoms with Crippen molar-refractivity contribution in [3.63, 3.8) is 0 Å². The predicted octanol–water partition coefficient (Wildman–Crippen LogP) is 0.831. The van der Waals surface area contributed by atoms with Crippen LogP contribution in [0.1, 0.15) is 12.6 Å². The van der Waals surface area contributed by atoms with Crippen LogP contribution in [0.3, 0.4) is 0 Å². The molecule has 0 amide bonds. The maximum Gasteiger partial charge on any atom is 0.325 e. The SMILES string of the molecule is CC(Nc1cc(CF)ncn1)C(=O)O. The number of aromatic nitrogens is 2. The first-order chi connectivity index (χ1) is 6.63. The highest BCUT2D eigenvalue weighted by molar-refractivity contribution is 5.76. The molecule has 1 heterocycles. The summed E-state index contributed by atoms with van der Waals surface area (Å²) in [5.74, 6) is -0.687. The number of rotatable bonds is 4. The van der Waals surface area contributed by atoms with Crippen LogP contribution in [0.4, 0.5) is 10.2 Å². The third kappa shape index (κ3) is 2.65. The van der Waals surface area contributed by atoms with E-state index in [1.54, 1.807) is 0 Å². The van der Waals surface area contributed by atoms with Crippen molar-refractivity contribution < 1.29 is 14.3 Å². The summed E-state index contributed by atoms with van der Waals surface area (Å²) in [7, 11) is 0. The number of aliphatic carboxylic acids is 1. The monoisotopic (exact) mass is 199 g/mol. The van der Waals surface area contributed by atoms with Crippen molar-refractivity contribution in [2.45, 2.75) is 19.6 Å². The van der Waals surface area contributed by atoms with Gasteiger partial charge in [0.15, 0.2) is 0 Å². The molecule has 0 radical (unpaired) electrons. The molecule has 0 aliphatic heterocycles.